The highest BCUT2D eigenvalue weighted by Crippen LogP contribution is 2.23. The number of hydrogen-bond donors (Lipinski definition) is 1. The lowest BCUT2D eigenvalue weighted by atomic mass is 10.1. The van der Waals surface area contributed by atoms with Crippen molar-refractivity contribution in [2.75, 3.05) is 0 Å². The Bertz CT molecular complexity index is 574. The van der Waals surface area contributed by atoms with E-state index < -0.39 is 10.9 Å². The van der Waals surface area contributed by atoms with Crippen LogP contribution in [0, 0.1) is 10.1 Å². The number of carbonyl (C=O) groups is 1. The zero-order chi connectivity index (χ0) is 11.7. The van der Waals surface area contributed by atoms with Gasteiger partial charge in [0.2, 0.25) is 0 Å². The van der Waals surface area contributed by atoms with Crippen LogP contribution in [-0.4, -0.2) is 21.2 Å². The number of nitrogens with zero attached hydrogens (tertiary/aromatic N) is 2. The van der Waals surface area contributed by atoms with Crippen molar-refractivity contribution in [1.29, 1.82) is 0 Å². The lowest BCUT2D eigenvalue weighted by Crippen LogP contribution is -2.00. The minimum atomic E-state index is -1.07. The number of carboxylic acids is 1. The fourth-order valence-corrected chi connectivity index (χ4v) is 1.36. The van der Waals surface area contributed by atoms with Gasteiger partial charge in [-0.05, 0) is 6.07 Å². The maximum atomic E-state index is 10.5. The van der Waals surface area contributed by atoms with Crippen LogP contribution in [0.3, 0.4) is 0 Å². The van der Waals surface area contributed by atoms with Crippen molar-refractivity contribution in [3.63, 3.8) is 0 Å². The summed E-state index contributed by atoms with van der Waals surface area (Å²) in [6, 6.07) is 3.92. The van der Waals surface area contributed by atoms with Crippen LogP contribution in [0.25, 0.3) is 11.0 Å². The second-order valence-electron chi connectivity index (χ2n) is 3.14. The predicted molar refractivity (Wildman–Crippen MR) is 52.0 cm³/mol. The highest BCUT2D eigenvalue weighted by Gasteiger charge is 2.15. The van der Waals surface area contributed by atoms with Crippen LogP contribution in [0.4, 0.5) is 5.69 Å². The highest BCUT2D eigenvalue weighted by atomic mass is 16.6. The summed E-state index contributed by atoms with van der Waals surface area (Å²) in [7, 11) is 0. The Balaban J connectivity index is 2.55. The molecule has 7 heteroatoms. The average molecular weight is 222 g/mol. The first kappa shape index (κ1) is 10.1. The van der Waals surface area contributed by atoms with Gasteiger partial charge in [-0.25, -0.2) is 0 Å². The number of benzene rings is 1. The number of non-ortho nitro benzene ring substituents is 1. The fraction of sp³-hybridized carbons (Fsp3) is 0.111. The van der Waals surface area contributed by atoms with E-state index in [2.05, 4.69) is 5.16 Å². The largest absolute Gasteiger partial charge is 0.481 e. The summed E-state index contributed by atoms with van der Waals surface area (Å²) in [5.74, 6) is -1.07. The maximum Gasteiger partial charge on any atom is 0.309 e. The predicted octanol–water partition coefficient (Wildman–Crippen LogP) is 1.36. The summed E-state index contributed by atoms with van der Waals surface area (Å²) in [6.45, 7) is 0. The monoisotopic (exact) mass is 222 g/mol. The molecule has 0 aliphatic rings. The summed E-state index contributed by atoms with van der Waals surface area (Å²) in [5.41, 5.74) is 0.399. The molecule has 0 aliphatic carbocycles. The Morgan fingerprint density at radius 1 is 1.56 bits per heavy atom. The molecule has 0 aliphatic heterocycles. The summed E-state index contributed by atoms with van der Waals surface area (Å²) in [6.07, 6.45) is -0.325. The molecule has 1 heterocycles. The summed E-state index contributed by atoms with van der Waals surface area (Å²) >= 11 is 0. The van der Waals surface area contributed by atoms with E-state index in [0.29, 0.717) is 11.0 Å². The first-order chi connectivity index (χ1) is 7.58. The molecule has 2 rings (SSSR count). The molecule has 0 fully saturated rings. The molecule has 0 amide bonds. The number of rotatable bonds is 3. The van der Waals surface area contributed by atoms with E-state index in [1.807, 2.05) is 0 Å². The van der Waals surface area contributed by atoms with Crippen molar-refractivity contribution in [3.8, 4) is 0 Å². The smallest absolute Gasteiger partial charge is 0.309 e. The SMILES string of the molecule is O=C(O)Cc1noc2ccc([N+](=O)[O-])cc12. The van der Waals surface area contributed by atoms with Crippen molar-refractivity contribution in [2.45, 2.75) is 6.42 Å². The molecule has 82 valence electrons. The third kappa shape index (κ3) is 1.70. The Kier molecular flexibility index (Phi) is 2.28. The van der Waals surface area contributed by atoms with E-state index in [4.69, 9.17) is 9.63 Å². The standard InChI is InChI=1S/C9H6N2O5/c12-9(13)4-7-6-3-5(11(14)15)1-2-8(6)16-10-7/h1-3H,4H2,(H,12,13). The Hall–Kier alpha value is -2.44. The van der Waals surface area contributed by atoms with Crippen LogP contribution in [0.15, 0.2) is 22.7 Å². The van der Waals surface area contributed by atoms with Crippen molar-refractivity contribution in [3.05, 3.63) is 34.0 Å². The van der Waals surface area contributed by atoms with Crippen LogP contribution >= 0.6 is 0 Å². The van der Waals surface area contributed by atoms with E-state index in [-0.39, 0.29) is 17.8 Å². The lowest BCUT2D eigenvalue weighted by molar-refractivity contribution is -0.384. The molecule has 0 unspecified atom stereocenters. The van der Waals surface area contributed by atoms with Gasteiger partial charge in [-0.15, -0.1) is 0 Å². The van der Waals surface area contributed by atoms with Crippen molar-refractivity contribution in [1.82, 2.24) is 5.16 Å². The van der Waals surface area contributed by atoms with E-state index >= 15 is 0 Å². The third-order valence-corrected chi connectivity index (χ3v) is 2.06. The van der Waals surface area contributed by atoms with Gasteiger partial charge in [0.05, 0.1) is 16.7 Å². The minimum Gasteiger partial charge on any atom is -0.481 e. The molecule has 0 bridgehead atoms. The zero-order valence-electron chi connectivity index (χ0n) is 7.91. The molecule has 0 saturated heterocycles. The van der Waals surface area contributed by atoms with E-state index in [1.165, 1.54) is 18.2 Å². The van der Waals surface area contributed by atoms with Crippen molar-refractivity contribution >= 4 is 22.6 Å². The van der Waals surface area contributed by atoms with Crippen LogP contribution in [-0.2, 0) is 11.2 Å². The molecule has 16 heavy (non-hydrogen) atoms. The van der Waals surface area contributed by atoms with Gasteiger partial charge >= 0.3 is 5.97 Å². The number of nitro benzene ring substituents is 1. The minimum absolute atomic E-state index is 0.123. The molecule has 0 radical (unpaired) electrons. The molecular formula is C9H6N2O5. The fourth-order valence-electron chi connectivity index (χ4n) is 1.36. The van der Waals surface area contributed by atoms with Gasteiger partial charge < -0.3 is 9.63 Å². The number of carboxylic acid groups (broad SMARTS) is 1. The zero-order valence-corrected chi connectivity index (χ0v) is 7.91. The van der Waals surface area contributed by atoms with Crippen LogP contribution < -0.4 is 0 Å². The Morgan fingerprint density at radius 2 is 2.31 bits per heavy atom. The van der Waals surface area contributed by atoms with E-state index in [1.54, 1.807) is 0 Å². The van der Waals surface area contributed by atoms with Gasteiger partial charge in [0, 0.05) is 12.1 Å². The summed E-state index contributed by atoms with van der Waals surface area (Å²) in [4.78, 5) is 20.5. The molecule has 7 nitrogen and oxygen atoms in total. The molecule has 0 atom stereocenters. The van der Waals surface area contributed by atoms with Gasteiger partial charge in [-0.2, -0.15) is 0 Å². The first-order valence-electron chi connectivity index (χ1n) is 4.32. The van der Waals surface area contributed by atoms with Gasteiger partial charge in [0.1, 0.15) is 5.69 Å². The number of hydrogen-bond acceptors (Lipinski definition) is 5. The Labute approximate surface area is 88.4 Å². The summed E-state index contributed by atoms with van der Waals surface area (Å²) < 4.78 is 4.85. The molecule has 0 saturated carbocycles. The van der Waals surface area contributed by atoms with Gasteiger partial charge in [-0.3, -0.25) is 14.9 Å². The Morgan fingerprint density at radius 3 is 2.94 bits per heavy atom. The van der Waals surface area contributed by atoms with E-state index in [9.17, 15) is 14.9 Å². The van der Waals surface area contributed by atoms with Crippen LogP contribution in [0.1, 0.15) is 5.69 Å². The lowest BCUT2D eigenvalue weighted by Gasteiger charge is -1.92. The van der Waals surface area contributed by atoms with Gasteiger partial charge in [0.15, 0.2) is 5.58 Å². The number of aromatic nitrogens is 1. The maximum absolute atomic E-state index is 10.5. The van der Waals surface area contributed by atoms with Gasteiger partial charge in [0.25, 0.3) is 5.69 Å². The second kappa shape index (κ2) is 3.61. The van der Waals surface area contributed by atoms with Gasteiger partial charge in [-0.1, -0.05) is 5.16 Å². The van der Waals surface area contributed by atoms with Crippen molar-refractivity contribution < 1.29 is 19.3 Å². The molecule has 0 spiro atoms. The van der Waals surface area contributed by atoms with E-state index in [0.717, 1.165) is 0 Å². The van der Waals surface area contributed by atoms with Crippen LogP contribution in [0.5, 0.6) is 0 Å². The molecule has 1 aromatic heterocycles. The normalized spacial score (nSPS) is 10.5. The molecular weight excluding hydrogens is 216 g/mol. The second-order valence-corrected chi connectivity index (χ2v) is 3.14. The topological polar surface area (TPSA) is 106 Å². The third-order valence-electron chi connectivity index (χ3n) is 2.06. The summed E-state index contributed by atoms with van der Waals surface area (Å²) in [5, 5.41) is 23.1. The van der Waals surface area contributed by atoms with Crippen LogP contribution in [0.2, 0.25) is 0 Å². The number of aliphatic carboxylic acids is 1. The quantitative estimate of drug-likeness (QED) is 0.620. The highest BCUT2D eigenvalue weighted by molar-refractivity contribution is 5.85. The molecule has 1 N–H and O–H groups in total. The molecule has 1 aromatic carbocycles. The molecule has 2 aromatic rings. The number of nitro groups is 1. The van der Waals surface area contributed by atoms with Crippen molar-refractivity contribution in [2.24, 2.45) is 0 Å². The average Bonchev–Trinajstić information content (AvgIpc) is 2.60. The number of fused-ring (bicyclic) bond motifs is 1. The first-order valence-corrected chi connectivity index (χ1v) is 4.32.